The molecule has 5 nitrogen and oxygen atoms in total. The number of ether oxygens (including phenoxy) is 1. The first kappa shape index (κ1) is 18.5. The summed E-state index contributed by atoms with van der Waals surface area (Å²) in [7, 11) is 1.63. The highest BCUT2D eigenvalue weighted by molar-refractivity contribution is 5.94. The molecule has 2 fully saturated rings. The van der Waals surface area contributed by atoms with Crippen LogP contribution >= 0.6 is 0 Å². The maximum absolute atomic E-state index is 12.9. The van der Waals surface area contributed by atoms with E-state index in [0.29, 0.717) is 30.6 Å². The van der Waals surface area contributed by atoms with Crippen LogP contribution in [0.5, 0.6) is 5.75 Å². The molecule has 0 heterocycles. The minimum Gasteiger partial charge on any atom is -0.497 e. The number of hydrogen-bond donors (Lipinski definition) is 1. The molecule has 0 atom stereocenters. The van der Waals surface area contributed by atoms with Crippen LogP contribution in [0, 0.1) is 0 Å². The number of amides is 2. The van der Waals surface area contributed by atoms with Gasteiger partial charge in [-0.15, -0.1) is 0 Å². The van der Waals surface area contributed by atoms with Crippen molar-refractivity contribution in [2.75, 3.05) is 7.11 Å². The maximum Gasteiger partial charge on any atom is 0.251 e. The zero-order chi connectivity index (χ0) is 19.5. The lowest BCUT2D eigenvalue weighted by molar-refractivity contribution is -0.131. The van der Waals surface area contributed by atoms with Gasteiger partial charge < -0.3 is 15.0 Å². The van der Waals surface area contributed by atoms with Crippen LogP contribution in [0.3, 0.4) is 0 Å². The zero-order valence-electron chi connectivity index (χ0n) is 16.2. The highest BCUT2D eigenvalue weighted by Crippen LogP contribution is 2.29. The fourth-order valence-electron chi connectivity index (χ4n) is 3.32. The Morgan fingerprint density at radius 3 is 2.43 bits per heavy atom. The highest BCUT2D eigenvalue weighted by atomic mass is 16.5. The number of carbonyl (C=O) groups is 2. The summed E-state index contributed by atoms with van der Waals surface area (Å²) in [6.07, 6.45) is 4.65. The van der Waals surface area contributed by atoms with Crippen LogP contribution in [-0.4, -0.2) is 35.9 Å². The minimum atomic E-state index is -0.0119. The smallest absolute Gasteiger partial charge is 0.251 e. The van der Waals surface area contributed by atoms with Gasteiger partial charge in [-0.3, -0.25) is 9.59 Å². The van der Waals surface area contributed by atoms with E-state index in [0.717, 1.165) is 42.6 Å². The second-order valence-corrected chi connectivity index (χ2v) is 7.73. The first-order valence-corrected chi connectivity index (χ1v) is 9.94. The second-order valence-electron chi connectivity index (χ2n) is 7.73. The van der Waals surface area contributed by atoms with E-state index < -0.39 is 0 Å². The van der Waals surface area contributed by atoms with Crippen molar-refractivity contribution in [2.24, 2.45) is 0 Å². The summed E-state index contributed by atoms with van der Waals surface area (Å²) in [5.74, 6) is 0.886. The summed E-state index contributed by atoms with van der Waals surface area (Å²) >= 11 is 0. The topological polar surface area (TPSA) is 58.6 Å². The molecule has 2 aromatic carbocycles. The molecule has 0 saturated heterocycles. The largest absolute Gasteiger partial charge is 0.497 e. The molecule has 0 radical (unpaired) electrons. The Kier molecular flexibility index (Phi) is 5.33. The van der Waals surface area contributed by atoms with E-state index >= 15 is 0 Å². The predicted octanol–water partition coefficient (Wildman–Crippen LogP) is 3.32. The quantitative estimate of drug-likeness (QED) is 0.767. The van der Waals surface area contributed by atoms with Crippen LogP contribution in [0.2, 0.25) is 0 Å². The van der Waals surface area contributed by atoms with E-state index in [2.05, 4.69) is 5.32 Å². The lowest BCUT2D eigenvalue weighted by atomic mass is 10.1. The Labute approximate surface area is 165 Å². The number of rotatable bonds is 8. The van der Waals surface area contributed by atoms with E-state index in [4.69, 9.17) is 4.74 Å². The van der Waals surface area contributed by atoms with Crippen LogP contribution in [0.25, 0.3) is 0 Å². The molecular formula is C23H26N2O3. The molecule has 146 valence electrons. The molecular weight excluding hydrogens is 352 g/mol. The number of carbonyl (C=O) groups excluding carboxylic acids is 2. The monoisotopic (exact) mass is 378 g/mol. The number of methoxy groups -OCH3 is 1. The van der Waals surface area contributed by atoms with Crippen molar-refractivity contribution >= 4 is 11.8 Å². The normalized spacial score (nSPS) is 15.8. The Morgan fingerprint density at radius 1 is 1.04 bits per heavy atom. The number of nitrogens with one attached hydrogen (secondary N) is 1. The van der Waals surface area contributed by atoms with Gasteiger partial charge in [0.2, 0.25) is 5.91 Å². The molecule has 2 aliphatic rings. The van der Waals surface area contributed by atoms with Gasteiger partial charge in [0.15, 0.2) is 0 Å². The summed E-state index contributed by atoms with van der Waals surface area (Å²) in [6, 6.07) is 16.0. The van der Waals surface area contributed by atoms with Crippen LogP contribution in [0.1, 0.15) is 47.2 Å². The Balaban J connectivity index is 1.40. The van der Waals surface area contributed by atoms with E-state index in [1.807, 2.05) is 53.4 Å². The van der Waals surface area contributed by atoms with Gasteiger partial charge in [0.25, 0.3) is 5.91 Å². The molecule has 4 rings (SSSR count). The third-order valence-electron chi connectivity index (χ3n) is 5.28. The molecule has 0 aromatic heterocycles. The van der Waals surface area contributed by atoms with Gasteiger partial charge in [0, 0.05) is 24.2 Å². The fourth-order valence-corrected chi connectivity index (χ4v) is 3.32. The van der Waals surface area contributed by atoms with Crippen molar-refractivity contribution < 1.29 is 14.3 Å². The summed E-state index contributed by atoms with van der Waals surface area (Å²) in [6.45, 7) is 0.581. The van der Waals surface area contributed by atoms with E-state index in [1.54, 1.807) is 7.11 Å². The zero-order valence-corrected chi connectivity index (χ0v) is 16.2. The third kappa shape index (κ3) is 4.71. The van der Waals surface area contributed by atoms with Crippen molar-refractivity contribution in [3.63, 3.8) is 0 Å². The molecule has 1 N–H and O–H groups in total. The van der Waals surface area contributed by atoms with Crippen molar-refractivity contribution in [1.29, 1.82) is 0 Å². The molecule has 2 amide bonds. The lowest BCUT2D eigenvalue weighted by Crippen LogP contribution is -2.33. The average Bonchev–Trinajstić information content (AvgIpc) is 3.61. The van der Waals surface area contributed by atoms with Gasteiger partial charge in [-0.25, -0.2) is 0 Å². The number of nitrogens with zero attached hydrogens (tertiary/aromatic N) is 1. The minimum absolute atomic E-state index is 0.0119. The van der Waals surface area contributed by atoms with Crippen LogP contribution in [0.15, 0.2) is 48.5 Å². The van der Waals surface area contributed by atoms with Crippen molar-refractivity contribution in [3.8, 4) is 5.75 Å². The predicted molar refractivity (Wildman–Crippen MR) is 107 cm³/mol. The molecule has 2 aliphatic carbocycles. The van der Waals surface area contributed by atoms with Gasteiger partial charge in [0.05, 0.1) is 13.5 Å². The molecule has 0 bridgehead atoms. The van der Waals surface area contributed by atoms with Crippen molar-refractivity contribution in [3.05, 3.63) is 65.2 Å². The van der Waals surface area contributed by atoms with Gasteiger partial charge in [-0.05, 0) is 61.1 Å². The first-order chi connectivity index (χ1) is 13.6. The lowest BCUT2D eigenvalue weighted by Gasteiger charge is -2.23. The summed E-state index contributed by atoms with van der Waals surface area (Å²) in [5.41, 5.74) is 2.69. The Morgan fingerprint density at radius 2 is 1.79 bits per heavy atom. The molecule has 0 unspecified atom stereocenters. The molecule has 5 heteroatoms. The van der Waals surface area contributed by atoms with Crippen molar-refractivity contribution in [2.45, 2.75) is 50.7 Å². The fraction of sp³-hybridized carbons (Fsp3) is 0.391. The van der Waals surface area contributed by atoms with Gasteiger partial charge in [-0.1, -0.05) is 24.3 Å². The summed E-state index contributed by atoms with van der Waals surface area (Å²) in [4.78, 5) is 27.0. The Hall–Kier alpha value is -2.82. The third-order valence-corrected chi connectivity index (χ3v) is 5.28. The highest BCUT2D eigenvalue weighted by Gasteiger charge is 2.32. The standard InChI is InChI=1S/C23H26N2O3/c1-28-21-4-2-3-17(13-21)14-22(26)25(20-11-12-20)15-16-5-7-18(8-6-16)23(27)24-19-9-10-19/h2-8,13,19-20H,9-12,14-15H2,1H3,(H,24,27). The maximum atomic E-state index is 12.9. The van der Waals surface area contributed by atoms with Crippen molar-refractivity contribution in [1.82, 2.24) is 10.2 Å². The molecule has 0 spiro atoms. The Bertz CT molecular complexity index is 854. The molecule has 2 aromatic rings. The summed E-state index contributed by atoms with van der Waals surface area (Å²) < 4.78 is 5.25. The van der Waals surface area contributed by atoms with E-state index in [1.165, 1.54) is 0 Å². The number of benzene rings is 2. The molecule has 2 saturated carbocycles. The number of hydrogen-bond acceptors (Lipinski definition) is 3. The van der Waals surface area contributed by atoms with E-state index in [-0.39, 0.29) is 11.8 Å². The van der Waals surface area contributed by atoms with Crippen LogP contribution in [0.4, 0.5) is 0 Å². The van der Waals surface area contributed by atoms with Gasteiger partial charge in [0.1, 0.15) is 5.75 Å². The average molecular weight is 378 g/mol. The van der Waals surface area contributed by atoms with Crippen LogP contribution < -0.4 is 10.1 Å². The van der Waals surface area contributed by atoms with Gasteiger partial charge >= 0.3 is 0 Å². The van der Waals surface area contributed by atoms with Crippen LogP contribution in [-0.2, 0) is 17.8 Å². The molecule has 28 heavy (non-hydrogen) atoms. The van der Waals surface area contributed by atoms with E-state index in [9.17, 15) is 9.59 Å². The SMILES string of the molecule is COc1cccc(CC(=O)N(Cc2ccc(C(=O)NC3CC3)cc2)C2CC2)c1. The first-order valence-electron chi connectivity index (χ1n) is 9.94. The molecule has 0 aliphatic heterocycles. The second kappa shape index (κ2) is 8.05. The summed E-state index contributed by atoms with van der Waals surface area (Å²) in [5, 5.41) is 3.00. The van der Waals surface area contributed by atoms with Gasteiger partial charge in [-0.2, -0.15) is 0 Å².